The molecule has 0 amide bonds. The van der Waals surface area contributed by atoms with Crippen LogP contribution in [0.15, 0.2) is 0 Å². The first-order valence-corrected chi connectivity index (χ1v) is 7.89. The maximum atomic E-state index is 12.4. The predicted molar refractivity (Wildman–Crippen MR) is 68.1 cm³/mol. The molecule has 5 nitrogen and oxygen atoms in total. The molecule has 102 valence electrons. The molecule has 0 aromatic carbocycles. The normalized spacial score (nSPS) is 19.3. The zero-order chi connectivity index (χ0) is 12.9. The summed E-state index contributed by atoms with van der Waals surface area (Å²) in [5, 5.41) is 8.38. The van der Waals surface area contributed by atoms with Gasteiger partial charge in [0.1, 0.15) is 0 Å². The molecule has 0 saturated heterocycles. The van der Waals surface area contributed by atoms with Crippen molar-refractivity contribution < 1.29 is 13.5 Å². The molecule has 3 N–H and O–H groups in total. The lowest BCUT2D eigenvalue weighted by molar-refractivity contribution is 0.197. The quantitative estimate of drug-likeness (QED) is 0.660. The topological polar surface area (TPSA) is 83.6 Å². The summed E-state index contributed by atoms with van der Waals surface area (Å²) in [6.45, 7) is 2.46. The van der Waals surface area contributed by atoms with Gasteiger partial charge >= 0.3 is 0 Å². The number of hydrogen-bond acceptors (Lipinski definition) is 4. The standard InChI is InChI=1S/C11H24N2O3S/c1-2-11(9-12)17(15,16)13(7-4-8-14)10-5-3-6-10/h10-11,14H,2-9,12H2,1H3. The van der Waals surface area contributed by atoms with Crippen LogP contribution in [0.25, 0.3) is 0 Å². The SMILES string of the molecule is CCC(CN)S(=O)(=O)N(CCCO)C1CCC1. The molecule has 1 fully saturated rings. The summed E-state index contributed by atoms with van der Waals surface area (Å²) in [5.41, 5.74) is 5.54. The Morgan fingerprint density at radius 3 is 2.47 bits per heavy atom. The van der Waals surface area contributed by atoms with Crippen molar-refractivity contribution in [2.45, 2.75) is 50.3 Å². The van der Waals surface area contributed by atoms with E-state index in [4.69, 9.17) is 10.8 Å². The maximum Gasteiger partial charge on any atom is 0.218 e. The summed E-state index contributed by atoms with van der Waals surface area (Å²) in [6.07, 6.45) is 4.00. The highest BCUT2D eigenvalue weighted by atomic mass is 32.2. The molecule has 1 atom stereocenters. The Balaban J connectivity index is 2.79. The maximum absolute atomic E-state index is 12.4. The van der Waals surface area contributed by atoms with Crippen molar-refractivity contribution in [2.75, 3.05) is 19.7 Å². The minimum absolute atomic E-state index is 0.0259. The van der Waals surface area contributed by atoms with Crippen molar-refractivity contribution in [3.63, 3.8) is 0 Å². The van der Waals surface area contributed by atoms with E-state index in [-0.39, 0.29) is 19.2 Å². The molecule has 0 aromatic rings. The third-order valence-corrected chi connectivity index (χ3v) is 5.99. The third kappa shape index (κ3) is 3.40. The van der Waals surface area contributed by atoms with Crippen LogP contribution in [0.1, 0.15) is 39.0 Å². The van der Waals surface area contributed by atoms with Crippen LogP contribution in [0.2, 0.25) is 0 Å². The van der Waals surface area contributed by atoms with Crippen LogP contribution in [-0.4, -0.2) is 48.8 Å². The molecular weight excluding hydrogens is 240 g/mol. The van der Waals surface area contributed by atoms with E-state index < -0.39 is 15.3 Å². The highest BCUT2D eigenvalue weighted by molar-refractivity contribution is 7.89. The van der Waals surface area contributed by atoms with Gasteiger partial charge in [0.15, 0.2) is 0 Å². The predicted octanol–water partition coefficient (Wildman–Crippen LogP) is 0.290. The van der Waals surface area contributed by atoms with Crippen LogP contribution < -0.4 is 5.73 Å². The molecule has 0 aromatic heterocycles. The summed E-state index contributed by atoms with van der Waals surface area (Å²) in [6, 6.07) is 0.132. The molecule has 0 radical (unpaired) electrons. The molecule has 1 saturated carbocycles. The summed E-state index contributed by atoms with van der Waals surface area (Å²) in [4.78, 5) is 0. The lowest BCUT2D eigenvalue weighted by Gasteiger charge is -2.38. The van der Waals surface area contributed by atoms with Gasteiger partial charge in [-0.2, -0.15) is 4.31 Å². The van der Waals surface area contributed by atoms with Crippen molar-refractivity contribution in [2.24, 2.45) is 5.73 Å². The van der Waals surface area contributed by atoms with Crippen LogP contribution in [0.3, 0.4) is 0 Å². The van der Waals surface area contributed by atoms with Crippen molar-refractivity contribution in [1.29, 1.82) is 0 Å². The van der Waals surface area contributed by atoms with E-state index in [9.17, 15) is 8.42 Å². The Bertz CT molecular complexity index is 311. The Morgan fingerprint density at radius 1 is 1.47 bits per heavy atom. The summed E-state index contributed by atoms with van der Waals surface area (Å²) in [5.74, 6) is 0. The molecule has 6 heteroatoms. The Labute approximate surface area is 104 Å². The van der Waals surface area contributed by atoms with E-state index in [2.05, 4.69) is 0 Å². The first-order valence-electron chi connectivity index (χ1n) is 6.39. The van der Waals surface area contributed by atoms with Gasteiger partial charge in [0.25, 0.3) is 0 Å². The summed E-state index contributed by atoms with van der Waals surface area (Å²) < 4.78 is 26.4. The van der Waals surface area contributed by atoms with E-state index >= 15 is 0 Å². The molecule has 0 spiro atoms. The number of aliphatic hydroxyl groups excluding tert-OH is 1. The monoisotopic (exact) mass is 264 g/mol. The van der Waals surface area contributed by atoms with Gasteiger partial charge in [-0.15, -0.1) is 0 Å². The summed E-state index contributed by atoms with van der Waals surface area (Å²) >= 11 is 0. The van der Waals surface area contributed by atoms with Gasteiger partial charge in [0.2, 0.25) is 10.0 Å². The van der Waals surface area contributed by atoms with Crippen LogP contribution in [-0.2, 0) is 10.0 Å². The van der Waals surface area contributed by atoms with E-state index in [0.29, 0.717) is 19.4 Å². The molecule has 0 bridgehead atoms. The van der Waals surface area contributed by atoms with Gasteiger partial charge in [-0.3, -0.25) is 0 Å². The van der Waals surface area contributed by atoms with Gasteiger partial charge in [-0.1, -0.05) is 13.3 Å². The van der Waals surface area contributed by atoms with E-state index in [1.165, 1.54) is 0 Å². The third-order valence-electron chi connectivity index (χ3n) is 3.48. The van der Waals surface area contributed by atoms with Crippen molar-refractivity contribution in [1.82, 2.24) is 4.31 Å². The van der Waals surface area contributed by atoms with E-state index in [1.54, 1.807) is 4.31 Å². The van der Waals surface area contributed by atoms with Crippen LogP contribution in [0, 0.1) is 0 Å². The average Bonchev–Trinajstić information content (AvgIpc) is 2.22. The molecule has 17 heavy (non-hydrogen) atoms. The molecular formula is C11H24N2O3S. The number of rotatable bonds is 8. The zero-order valence-electron chi connectivity index (χ0n) is 10.5. The largest absolute Gasteiger partial charge is 0.396 e. The summed E-state index contributed by atoms with van der Waals surface area (Å²) in [7, 11) is -3.30. The van der Waals surface area contributed by atoms with E-state index in [0.717, 1.165) is 19.3 Å². The Hall–Kier alpha value is -0.170. The van der Waals surface area contributed by atoms with Gasteiger partial charge in [0.05, 0.1) is 5.25 Å². The van der Waals surface area contributed by atoms with Gasteiger partial charge in [-0.05, 0) is 25.7 Å². The Morgan fingerprint density at radius 2 is 2.12 bits per heavy atom. The highest BCUT2D eigenvalue weighted by Crippen LogP contribution is 2.29. The molecule has 1 aliphatic carbocycles. The van der Waals surface area contributed by atoms with E-state index in [1.807, 2.05) is 6.92 Å². The molecule has 0 aliphatic heterocycles. The van der Waals surface area contributed by atoms with Crippen molar-refractivity contribution >= 4 is 10.0 Å². The zero-order valence-corrected chi connectivity index (χ0v) is 11.3. The number of hydrogen-bond donors (Lipinski definition) is 2. The van der Waals surface area contributed by atoms with Gasteiger partial charge in [0, 0.05) is 25.7 Å². The van der Waals surface area contributed by atoms with Crippen molar-refractivity contribution in [3.8, 4) is 0 Å². The fourth-order valence-electron chi connectivity index (χ4n) is 2.11. The number of nitrogens with zero attached hydrogens (tertiary/aromatic N) is 1. The lowest BCUT2D eigenvalue weighted by Crippen LogP contribution is -2.50. The second-order valence-corrected chi connectivity index (χ2v) is 6.75. The molecule has 1 unspecified atom stereocenters. The van der Waals surface area contributed by atoms with Crippen LogP contribution in [0.4, 0.5) is 0 Å². The van der Waals surface area contributed by atoms with Gasteiger partial charge in [-0.25, -0.2) is 8.42 Å². The minimum atomic E-state index is -3.30. The highest BCUT2D eigenvalue weighted by Gasteiger charge is 2.37. The lowest BCUT2D eigenvalue weighted by atomic mass is 9.93. The first kappa shape index (κ1) is 14.9. The Kier molecular flexibility index (Phi) is 5.85. The minimum Gasteiger partial charge on any atom is -0.396 e. The molecule has 1 rings (SSSR count). The van der Waals surface area contributed by atoms with Gasteiger partial charge < -0.3 is 10.8 Å². The fourth-order valence-corrected chi connectivity index (χ4v) is 4.17. The van der Waals surface area contributed by atoms with Crippen molar-refractivity contribution in [3.05, 3.63) is 0 Å². The first-order chi connectivity index (χ1) is 8.07. The second kappa shape index (κ2) is 6.68. The van der Waals surface area contributed by atoms with Crippen LogP contribution >= 0.6 is 0 Å². The molecule has 1 aliphatic rings. The second-order valence-electron chi connectivity index (χ2n) is 4.58. The number of sulfonamides is 1. The molecule has 0 heterocycles. The van der Waals surface area contributed by atoms with Crippen LogP contribution in [0.5, 0.6) is 0 Å². The number of aliphatic hydroxyl groups is 1. The smallest absolute Gasteiger partial charge is 0.218 e. The average molecular weight is 264 g/mol. The number of nitrogens with two attached hydrogens (primary N) is 1. The fraction of sp³-hybridized carbons (Fsp3) is 1.00.